The molecule has 0 aliphatic rings. The zero-order valence-electron chi connectivity index (χ0n) is 11.1. The maximum Gasteiger partial charge on any atom is 0.118 e. The molecule has 3 heteroatoms. The fourth-order valence-electron chi connectivity index (χ4n) is 2.14. The molecule has 0 radical (unpaired) electrons. The van der Waals surface area contributed by atoms with E-state index in [0.717, 1.165) is 5.75 Å². The lowest BCUT2D eigenvalue weighted by Crippen LogP contribution is -2.31. The highest BCUT2D eigenvalue weighted by atomic mass is 16.5. The van der Waals surface area contributed by atoms with Crippen LogP contribution in [0.15, 0.2) is 24.3 Å². The van der Waals surface area contributed by atoms with E-state index in [4.69, 9.17) is 4.74 Å². The molecule has 0 aliphatic carbocycles. The monoisotopic (exact) mass is 237 g/mol. The highest BCUT2D eigenvalue weighted by Gasteiger charge is 2.23. The van der Waals surface area contributed by atoms with Crippen molar-refractivity contribution in [2.75, 3.05) is 20.8 Å². The standard InChI is InChI=1S/C14H23NO2/c1-10(2)13(9-16)14(15-3)11-5-7-12(17-4)8-6-11/h5-8,10,13-16H,9H2,1-4H3. The van der Waals surface area contributed by atoms with Crippen molar-refractivity contribution < 1.29 is 9.84 Å². The summed E-state index contributed by atoms with van der Waals surface area (Å²) >= 11 is 0. The van der Waals surface area contributed by atoms with Crippen molar-refractivity contribution in [3.05, 3.63) is 29.8 Å². The van der Waals surface area contributed by atoms with E-state index in [9.17, 15) is 5.11 Å². The summed E-state index contributed by atoms with van der Waals surface area (Å²) in [4.78, 5) is 0. The van der Waals surface area contributed by atoms with Crippen LogP contribution in [-0.4, -0.2) is 25.9 Å². The highest BCUT2D eigenvalue weighted by molar-refractivity contribution is 5.29. The van der Waals surface area contributed by atoms with E-state index >= 15 is 0 Å². The minimum Gasteiger partial charge on any atom is -0.497 e. The smallest absolute Gasteiger partial charge is 0.118 e. The van der Waals surface area contributed by atoms with E-state index < -0.39 is 0 Å². The van der Waals surface area contributed by atoms with Gasteiger partial charge in [-0.05, 0) is 30.7 Å². The van der Waals surface area contributed by atoms with Gasteiger partial charge in [-0.1, -0.05) is 26.0 Å². The van der Waals surface area contributed by atoms with Crippen LogP contribution >= 0.6 is 0 Å². The van der Waals surface area contributed by atoms with Gasteiger partial charge >= 0.3 is 0 Å². The Morgan fingerprint density at radius 1 is 1.24 bits per heavy atom. The lowest BCUT2D eigenvalue weighted by molar-refractivity contribution is 0.154. The average Bonchev–Trinajstić information content (AvgIpc) is 2.35. The largest absolute Gasteiger partial charge is 0.497 e. The molecule has 0 aromatic heterocycles. The summed E-state index contributed by atoms with van der Waals surface area (Å²) in [5, 5.41) is 12.8. The average molecular weight is 237 g/mol. The molecule has 0 saturated carbocycles. The van der Waals surface area contributed by atoms with Gasteiger partial charge in [-0.2, -0.15) is 0 Å². The number of ether oxygens (including phenoxy) is 1. The summed E-state index contributed by atoms with van der Waals surface area (Å²) in [5.74, 6) is 1.50. The van der Waals surface area contributed by atoms with Crippen LogP contribution in [0.1, 0.15) is 25.5 Å². The molecule has 2 unspecified atom stereocenters. The lowest BCUT2D eigenvalue weighted by Gasteiger charge is -2.28. The second kappa shape index (κ2) is 6.62. The van der Waals surface area contributed by atoms with Crippen LogP contribution in [0, 0.1) is 11.8 Å². The van der Waals surface area contributed by atoms with Crippen molar-refractivity contribution in [2.24, 2.45) is 11.8 Å². The summed E-state index contributed by atoms with van der Waals surface area (Å²) in [6, 6.07) is 8.17. The Bertz CT molecular complexity index is 321. The van der Waals surface area contributed by atoms with Gasteiger partial charge in [0.2, 0.25) is 0 Å². The van der Waals surface area contributed by atoms with Crippen molar-refractivity contribution in [3.8, 4) is 5.75 Å². The number of aliphatic hydroxyl groups excluding tert-OH is 1. The second-order valence-electron chi connectivity index (χ2n) is 4.63. The van der Waals surface area contributed by atoms with Crippen LogP contribution in [0.4, 0.5) is 0 Å². The minimum atomic E-state index is 0.172. The third-order valence-corrected chi connectivity index (χ3v) is 3.28. The molecule has 0 saturated heterocycles. The molecule has 0 amide bonds. The number of nitrogens with one attached hydrogen (secondary N) is 1. The van der Waals surface area contributed by atoms with Crippen molar-refractivity contribution >= 4 is 0 Å². The van der Waals surface area contributed by atoms with E-state index in [1.165, 1.54) is 5.56 Å². The third kappa shape index (κ3) is 3.45. The van der Waals surface area contributed by atoms with Gasteiger partial charge in [-0.15, -0.1) is 0 Å². The lowest BCUT2D eigenvalue weighted by atomic mass is 9.85. The number of methoxy groups -OCH3 is 1. The highest BCUT2D eigenvalue weighted by Crippen LogP contribution is 2.28. The van der Waals surface area contributed by atoms with Gasteiger partial charge in [0.05, 0.1) is 7.11 Å². The van der Waals surface area contributed by atoms with Crippen molar-refractivity contribution in [1.82, 2.24) is 5.32 Å². The molecule has 0 aliphatic heterocycles. The Hall–Kier alpha value is -1.06. The molecule has 1 aromatic rings. The van der Waals surface area contributed by atoms with Crippen LogP contribution in [-0.2, 0) is 0 Å². The molecular weight excluding hydrogens is 214 g/mol. The van der Waals surface area contributed by atoms with E-state index in [-0.39, 0.29) is 18.6 Å². The van der Waals surface area contributed by atoms with E-state index in [1.54, 1.807) is 7.11 Å². The van der Waals surface area contributed by atoms with Gasteiger partial charge in [0, 0.05) is 18.6 Å². The number of benzene rings is 1. The van der Waals surface area contributed by atoms with Crippen LogP contribution in [0.25, 0.3) is 0 Å². The maximum absolute atomic E-state index is 9.50. The summed E-state index contributed by atoms with van der Waals surface area (Å²) in [6.45, 7) is 4.46. The fourth-order valence-corrected chi connectivity index (χ4v) is 2.14. The maximum atomic E-state index is 9.50. The number of aliphatic hydroxyl groups is 1. The van der Waals surface area contributed by atoms with Gasteiger partial charge in [-0.25, -0.2) is 0 Å². The minimum absolute atomic E-state index is 0.172. The molecule has 2 N–H and O–H groups in total. The first-order chi connectivity index (χ1) is 8.13. The molecule has 1 rings (SSSR count). The molecule has 2 atom stereocenters. The molecule has 0 fully saturated rings. The Morgan fingerprint density at radius 2 is 1.82 bits per heavy atom. The summed E-state index contributed by atoms with van der Waals surface area (Å²) < 4.78 is 5.15. The van der Waals surface area contributed by atoms with Crippen LogP contribution in [0.2, 0.25) is 0 Å². The van der Waals surface area contributed by atoms with Crippen molar-refractivity contribution in [3.63, 3.8) is 0 Å². The number of rotatable bonds is 6. The van der Waals surface area contributed by atoms with Crippen LogP contribution < -0.4 is 10.1 Å². The van der Waals surface area contributed by atoms with E-state index in [0.29, 0.717) is 5.92 Å². The number of hydrogen-bond donors (Lipinski definition) is 2. The Balaban J connectivity index is 2.91. The zero-order valence-corrected chi connectivity index (χ0v) is 11.1. The molecule has 1 aromatic carbocycles. The summed E-state index contributed by atoms with van der Waals surface area (Å²) in [5.41, 5.74) is 1.18. The first-order valence-electron chi connectivity index (χ1n) is 6.06. The van der Waals surface area contributed by atoms with Crippen LogP contribution in [0.3, 0.4) is 0 Å². The SMILES string of the molecule is CNC(c1ccc(OC)cc1)C(CO)C(C)C. The van der Waals surface area contributed by atoms with Crippen LogP contribution in [0.5, 0.6) is 5.75 Å². The zero-order chi connectivity index (χ0) is 12.8. The van der Waals surface area contributed by atoms with E-state index in [2.05, 4.69) is 19.2 Å². The predicted octanol–water partition coefficient (Wildman–Crippen LogP) is 2.22. The van der Waals surface area contributed by atoms with Crippen molar-refractivity contribution in [1.29, 1.82) is 0 Å². The molecule has 0 heterocycles. The Labute approximate surface area is 104 Å². The molecule has 0 bridgehead atoms. The third-order valence-electron chi connectivity index (χ3n) is 3.28. The first kappa shape index (κ1) is 14.0. The molecule has 96 valence electrons. The molecule has 17 heavy (non-hydrogen) atoms. The predicted molar refractivity (Wildman–Crippen MR) is 70.2 cm³/mol. The van der Waals surface area contributed by atoms with E-state index in [1.807, 2.05) is 31.3 Å². The Morgan fingerprint density at radius 3 is 2.18 bits per heavy atom. The molecule has 0 spiro atoms. The van der Waals surface area contributed by atoms with Gasteiger partial charge in [0.15, 0.2) is 0 Å². The van der Waals surface area contributed by atoms with Gasteiger partial charge < -0.3 is 15.2 Å². The fraction of sp³-hybridized carbons (Fsp3) is 0.571. The summed E-state index contributed by atoms with van der Waals surface area (Å²) in [7, 11) is 3.59. The summed E-state index contributed by atoms with van der Waals surface area (Å²) in [6.07, 6.45) is 0. The Kier molecular flexibility index (Phi) is 5.45. The molecule has 3 nitrogen and oxygen atoms in total. The van der Waals surface area contributed by atoms with Gasteiger partial charge in [-0.3, -0.25) is 0 Å². The topological polar surface area (TPSA) is 41.5 Å². The number of hydrogen-bond acceptors (Lipinski definition) is 3. The quantitative estimate of drug-likeness (QED) is 0.797. The van der Waals surface area contributed by atoms with Gasteiger partial charge in [0.1, 0.15) is 5.75 Å². The normalized spacial score (nSPS) is 14.7. The second-order valence-corrected chi connectivity index (χ2v) is 4.63. The van der Waals surface area contributed by atoms with Gasteiger partial charge in [0.25, 0.3) is 0 Å². The first-order valence-corrected chi connectivity index (χ1v) is 6.06. The van der Waals surface area contributed by atoms with Crippen molar-refractivity contribution in [2.45, 2.75) is 19.9 Å². The molecular formula is C14H23NO2.